The zero-order chi connectivity index (χ0) is 7.84. The van der Waals surface area contributed by atoms with Crippen LogP contribution in [-0.2, 0) is 12.8 Å². The molecule has 1 aromatic heterocycles. The number of pyridine rings is 1. The van der Waals surface area contributed by atoms with Crippen molar-refractivity contribution in [2.75, 3.05) is 0 Å². The van der Waals surface area contributed by atoms with Gasteiger partial charge in [-0.3, -0.25) is 4.98 Å². The standard InChI is InChI=1S/C9H10FN/c1-6-7-3-2-4-9(7)11-5-8(6)10/h5H,2-4H2,1H3. The molecule has 0 atom stereocenters. The molecule has 0 N–H and O–H groups in total. The van der Waals surface area contributed by atoms with Crippen molar-refractivity contribution < 1.29 is 4.39 Å². The lowest BCUT2D eigenvalue weighted by molar-refractivity contribution is 0.608. The number of halogens is 1. The van der Waals surface area contributed by atoms with Gasteiger partial charge >= 0.3 is 0 Å². The predicted molar refractivity (Wildman–Crippen MR) is 41.0 cm³/mol. The highest BCUT2D eigenvalue weighted by molar-refractivity contribution is 5.33. The molecule has 0 unspecified atom stereocenters. The fourth-order valence-corrected chi connectivity index (χ4v) is 1.65. The molecule has 0 fully saturated rings. The van der Waals surface area contributed by atoms with Crippen molar-refractivity contribution in [2.45, 2.75) is 26.2 Å². The van der Waals surface area contributed by atoms with Crippen LogP contribution in [0.3, 0.4) is 0 Å². The third-order valence-corrected chi connectivity index (χ3v) is 2.33. The summed E-state index contributed by atoms with van der Waals surface area (Å²) in [5, 5.41) is 0. The molecule has 2 rings (SSSR count). The number of aromatic nitrogens is 1. The summed E-state index contributed by atoms with van der Waals surface area (Å²) < 4.78 is 12.9. The molecular formula is C9H10FN. The van der Waals surface area contributed by atoms with Crippen molar-refractivity contribution in [3.05, 3.63) is 28.8 Å². The van der Waals surface area contributed by atoms with Gasteiger partial charge in [0, 0.05) is 5.69 Å². The highest BCUT2D eigenvalue weighted by atomic mass is 19.1. The first-order chi connectivity index (χ1) is 5.29. The molecule has 1 aliphatic rings. The molecule has 1 aromatic rings. The van der Waals surface area contributed by atoms with Crippen molar-refractivity contribution in [1.29, 1.82) is 0 Å². The second-order valence-corrected chi connectivity index (χ2v) is 3.01. The highest BCUT2D eigenvalue weighted by Crippen LogP contribution is 2.24. The zero-order valence-corrected chi connectivity index (χ0v) is 6.52. The van der Waals surface area contributed by atoms with Crippen LogP contribution in [0.15, 0.2) is 6.20 Å². The first-order valence-electron chi connectivity index (χ1n) is 3.92. The summed E-state index contributed by atoms with van der Waals surface area (Å²) in [6.45, 7) is 1.83. The number of rotatable bonds is 0. The van der Waals surface area contributed by atoms with E-state index in [9.17, 15) is 4.39 Å². The van der Waals surface area contributed by atoms with E-state index in [0.29, 0.717) is 0 Å². The molecule has 0 aliphatic heterocycles. The number of aryl methyl sites for hydroxylation is 1. The number of hydrogen-bond acceptors (Lipinski definition) is 1. The summed E-state index contributed by atoms with van der Waals surface area (Å²) in [6, 6.07) is 0. The highest BCUT2D eigenvalue weighted by Gasteiger charge is 2.16. The van der Waals surface area contributed by atoms with Crippen molar-refractivity contribution >= 4 is 0 Å². The Morgan fingerprint density at radius 3 is 3.09 bits per heavy atom. The van der Waals surface area contributed by atoms with Gasteiger partial charge in [0.2, 0.25) is 0 Å². The summed E-state index contributed by atoms with van der Waals surface area (Å²) >= 11 is 0. The lowest BCUT2D eigenvalue weighted by Crippen LogP contribution is -1.94. The predicted octanol–water partition coefficient (Wildman–Crippen LogP) is 2.02. The summed E-state index contributed by atoms with van der Waals surface area (Å²) in [4.78, 5) is 4.04. The lowest BCUT2D eigenvalue weighted by atomic mass is 10.1. The summed E-state index contributed by atoms with van der Waals surface area (Å²) in [6.07, 6.45) is 4.49. The van der Waals surface area contributed by atoms with Crippen LogP contribution in [-0.4, -0.2) is 4.98 Å². The minimum atomic E-state index is -0.161. The number of nitrogens with zero attached hydrogens (tertiary/aromatic N) is 1. The van der Waals surface area contributed by atoms with Crippen LogP contribution in [0.1, 0.15) is 23.2 Å². The molecule has 0 saturated heterocycles. The largest absolute Gasteiger partial charge is 0.258 e. The number of fused-ring (bicyclic) bond motifs is 1. The second-order valence-electron chi connectivity index (χ2n) is 3.01. The van der Waals surface area contributed by atoms with Crippen LogP contribution < -0.4 is 0 Å². The summed E-state index contributed by atoms with van der Waals surface area (Å²) in [5.74, 6) is -0.161. The Bertz CT molecular complexity index is 294. The molecule has 0 bridgehead atoms. The maximum Gasteiger partial charge on any atom is 0.144 e. The van der Waals surface area contributed by atoms with E-state index in [1.165, 1.54) is 6.20 Å². The normalized spacial score (nSPS) is 15.1. The van der Waals surface area contributed by atoms with Crippen LogP contribution in [0, 0.1) is 12.7 Å². The van der Waals surface area contributed by atoms with Gasteiger partial charge in [-0.05, 0) is 37.3 Å². The average molecular weight is 151 g/mol. The molecule has 0 aromatic carbocycles. The topological polar surface area (TPSA) is 12.9 Å². The lowest BCUT2D eigenvalue weighted by Gasteiger charge is -2.02. The maximum atomic E-state index is 12.9. The molecule has 2 heteroatoms. The van der Waals surface area contributed by atoms with E-state index in [0.717, 1.165) is 36.1 Å². The van der Waals surface area contributed by atoms with Gasteiger partial charge < -0.3 is 0 Å². The Morgan fingerprint density at radius 1 is 1.45 bits per heavy atom. The van der Waals surface area contributed by atoms with E-state index in [2.05, 4.69) is 4.98 Å². The van der Waals surface area contributed by atoms with Crippen molar-refractivity contribution in [3.8, 4) is 0 Å². The van der Waals surface area contributed by atoms with Crippen molar-refractivity contribution in [3.63, 3.8) is 0 Å². The fraction of sp³-hybridized carbons (Fsp3) is 0.444. The molecule has 58 valence electrons. The second kappa shape index (κ2) is 2.29. The maximum absolute atomic E-state index is 12.9. The van der Waals surface area contributed by atoms with Crippen molar-refractivity contribution in [2.24, 2.45) is 0 Å². The van der Waals surface area contributed by atoms with E-state index in [1.54, 1.807) is 0 Å². The first-order valence-corrected chi connectivity index (χ1v) is 3.92. The average Bonchev–Trinajstić information content (AvgIpc) is 2.45. The van der Waals surface area contributed by atoms with Crippen LogP contribution >= 0.6 is 0 Å². The molecular weight excluding hydrogens is 141 g/mol. The molecule has 1 heterocycles. The van der Waals surface area contributed by atoms with Gasteiger partial charge in [-0.15, -0.1) is 0 Å². The Hall–Kier alpha value is -0.920. The number of hydrogen-bond donors (Lipinski definition) is 0. The van der Waals surface area contributed by atoms with E-state index in [1.807, 2.05) is 6.92 Å². The molecule has 1 aliphatic carbocycles. The van der Waals surface area contributed by atoms with Crippen LogP contribution in [0.4, 0.5) is 4.39 Å². The van der Waals surface area contributed by atoms with E-state index in [-0.39, 0.29) is 5.82 Å². The zero-order valence-electron chi connectivity index (χ0n) is 6.52. The Labute approximate surface area is 65.3 Å². The summed E-state index contributed by atoms with van der Waals surface area (Å²) in [7, 11) is 0. The Balaban J connectivity index is 2.62. The van der Waals surface area contributed by atoms with Gasteiger partial charge in [0.15, 0.2) is 0 Å². The third kappa shape index (κ3) is 0.934. The molecule has 0 saturated carbocycles. The molecule has 0 amide bonds. The van der Waals surface area contributed by atoms with Crippen LogP contribution in [0.5, 0.6) is 0 Å². The fourth-order valence-electron chi connectivity index (χ4n) is 1.65. The van der Waals surface area contributed by atoms with E-state index >= 15 is 0 Å². The molecule has 0 radical (unpaired) electrons. The van der Waals surface area contributed by atoms with Crippen LogP contribution in [0.25, 0.3) is 0 Å². The molecule has 1 nitrogen and oxygen atoms in total. The van der Waals surface area contributed by atoms with Gasteiger partial charge in [0.1, 0.15) is 5.82 Å². The molecule has 11 heavy (non-hydrogen) atoms. The van der Waals surface area contributed by atoms with Gasteiger partial charge in [-0.1, -0.05) is 0 Å². The quantitative estimate of drug-likeness (QED) is 0.552. The van der Waals surface area contributed by atoms with E-state index < -0.39 is 0 Å². The third-order valence-electron chi connectivity index (χ3n) is 2.33. The minimum absolute atomic E-state index is 0.161. The SMILES string of the molecule is Cc1c(F)cnc2c1CCC2. The van der Waals surface area contributed by atoms with Gasteiger partial charge in [0.05, 0.1) is 6.20 Å². The van der Waals surface area contributed by atoms with Gasteiger partial charge in [-0.2, -0.15) is 0 Å². The van der Waals surface area contributed by atoms with E-state index in [4.69, 9.17) is 0 Å². The Kier molecular flexibility index (Phi) is 1.41. The first kappa shape index (κ1) is 6.77. The smallest absolute Gasteiger partial charge is 0.144 e. The van der Waals surface area contributed by atoms with Crippen LogP contribution in [0.2, 0.25) is 0 Å². The minimum Gasteiger partial charge on any atom is -0.258 e. The monoisotopic (exact) mass is 151 g/mol. The van der Waals surface area contributed by atoms with Gasteiger partial charge in [0.25, 0.3) is 0 Å². The van der Waals surface area contributed by atoms with Crippen molar-refractivity contribution in [1.82, 2.24) is 4.98 Å². The summed E-state index contributed by atoms with van der Waals surface area (Å²) in [5.41, 5.74) is 3.04. The Morgan fingerprint density at radius 2 is 2.27 bits per heavy atom. The molecule has 0 spiro atoms. The van der Waals surface area contributed by atoms with Gasteiger partial charge in [-0.25, -0.2) is 4.39 Å².